The molecule has 2 aromatic heterocycles. The number of H-pyrrole nitrogens is 1. The van der Waals surface area contributed by atoms with Crippen molar-refractivity contribution < 1.29 is 9.59 Å². The van der Waals surface area contributed by atoms with Gasteiger partial charge in [-0.15, -0.1) is 0 Å². The maximum atomic E-state index is 12.6. The third-order valence-electron chi connectivity index (χ3n) is 4.41. The molecule has 5 heteroatoms. The highest BCUT2D eigenvalue weighted by Crippen LogP contribution is 2.28. The zero-order valence-corrected chi connectivity index (χ0v) is 13.3. The molecule has 2 heterocycles. The molecule has 0 bridgehead atoms. The van der Waals surface area contributed by atoms with Crippen molar-refractivity contribution in [2.45, 2.75) is 27.2 Å². The summed E-state index contributed by atoms with van der Waals surface area (Å²) in [6.45, 7) is 2.04. The monoisotopic (exact) mass is 335 g/mol. The number of anilines is 1. The van der Waals surface area contributed by atoms with Gasteiger partial charge in [-0.25, -0.2) is 4.98 Å². The summed E-state index contributed by atoms with van der Waals surface area (Å²) in [6, 6.07) is 11.4. The number of carbonyl (C=O) groups is 2. The van der Waals surface area contributed by atoms with Crippen LogP contribution < -0.4 is 5.32 Å². The largest absolute Gasteiger partial charge is 0.364 e. The third-order valence-corrected chi connectivity index (χ3v) is 4.41. The summed E-state index contributed by atoms with van der Waals surface area (Å²) in [5.74, 6) is 0.506. The molecular formula is C20H21N3O2. The Morgan fingerprint density at radius 3 is 2.84 bits per heavy atom. The van der Waals surface area contributed by atoms with Crippen molar-refractivity contribution in [2.75, 3.05) is 5.32 Å². The van der Waals surface area contributed by atoms with Crippen molar-refractivity contribution in [1.29, 1.82) is 0 Å². The number of pyridine rings is 1. The van der Waals surface area contributed by atoms with E-state index in [0.29, 0.717) is 29.3 Å². The fourth-order valence-corrected chi connectivity index (χ4v) is 3.28. The molecule has 4 rings (SSSR count). The second kappa shape index (κ2) is 6.51. The van der Waals surface area contributed by atoms with Gasteiger partial charge in [0.25, 0.3) is 5.91 Å². The van der Waals surface area contributed by atoms with Crippen molar-refractivity contribution >= 4 is 28.4 Å². The highest BCUT2D eigenvalue weighted by Gasteiger charge is 2.29. The number of amides is 1. The van der Waals surface area contributed by atoms with Crippen LogP contribution in [0.5, 0.6) is 0 Å². The first kappa shape index (κ1) is 16.9. The van der Waals surface area contributed by atoms with Crippen LogP contribution in [0.15, 0.2) is 42.6 Å². The lowest BCUT2D eigenvalue weighted by molar-refractivity contribution is 0.0940. The van der Waals surface area contributed by atoms with E-state index in [9.17, 15) is 9.59 Å². The molecule has 5 nitrogen and oxygen atoms in total. The number of benzene rings is 1. The zero-order valence-electron chi connectivity index (χ0n) is 13.3. The second-order valence-electron chi connectivity index (χ2n) is 6.34. The Bertz CT molecular complexity index is 958. The molecule has 1 unspecified atom stereocenters. The molecule has 1 amide bonds. The average molecular weight is 335 g/mol. The zero-order chi connectivity index (χ0) is 16.7. The van der Waals surface area contributed by atoms with E-state index in [1.54, 1.807) is 12.3 Å². The Kier molecular flexibility index (Phi) is 4.40. The van der Waals surface area contributed by atoms with E-state index in [0.717, 1.165) is 23.0 Å². The van der Waals surface area contributed by atoms with Gasteiger partial charge in [-0.3, -0.25) is 9.59 Å². The highest BCUT2D eigenvalue weighted by molar-refractivity contribution is 6.13. The molecule has 1 aliphatic rings. The fraction of sp³-hybridized carbons (Fsp3) is 0.250. The van der Waals surface area contributed by atoms with Crippen LogP contribution in [0.4, 0.5) is 5.82 Å². The number of fused-ring (bicyclic) bond motifs is 2. The fourth-order valence-electron chi connectivity index (χ4n) is 3.28. The van der Waals surface area contributed by atoms with Gasteiger partial charge in [0.1, 0.15) is 5.82 Å². The molecule has 0 fully saturated rings. The van der Waals surface area contributed by atoms with Gasteiger partial charge in [-0.05, 0) is 30.5 Å². The topological polar surface area (TPSA) is 74.8 Å². The van der Waals surface area contributed by atoms with Gasteiger partial charge in [-0.2, -0.15) is 0 Å². The minimum absolute atomic E-state index is 0. The summed E-state index contributed by atoms with van der Waals surface area (Å²) in [4.78, 5) is 32.4. The molecule has 0 spiro atoms. The van der Waals surface area contributed by atoms with E-state index >= 15 is 0 Å². The number of para-hydroxylation sites is 1. The van der Waals surface area contributed by atoms with Gasteiger partial charge in [0.2, 0.25) is 0 Å². The van der Waals surface area contributed by atoms with Crippen LogP contribution in [0.3, 0.4) is 0 Å². The number of nitrogens with zero attached hydrogens (tertiary/aromatic N) is 1. The van der Waals surface area contributed by atoms with E-state index in [4.69, 9.17) is 0 Å². The van der Waals surface area contributed by atoms with Crippen LogP contribution in [0.2, 0.25) is 0 Å². The van der Waals surface area contributed by atoms with Crippen LogP contribution >= 0.6 is 0 Å². The van der Waals surface area contributed by atoms with Gasteiger partial charge in [-0.1, -0.05) is 32.5 Å². The van der Waals surface area contributed by atoms with Crippen molar-refractivity contribution in [3.8, 4) is 0 Å². The summed E-state index contributed by atoms with van der Waals surface area (Å²) in [5, 5.41) is 3.81. The van der Waals surface area contributed by atoms with E-state index in [2.05, 4.69) is 15.3 Å². The van der Waals surface area contributed by atoms with Crippen molar-refractivity contribution in [3.63, 3.8) is 0 Å². The molecule has 0 radical (unpaired) electrons. The Morgan fingerprint density at radius 2 is 2.00 bits per heavy atom. The molecular weight excluding hydrogens is 314 g/mol. The second-order valence-corrected chi connectivity index (χ2v) is 6.34. The number of Topliss-reactive ketones (excluding diaryl/α,β-unsaturated/α-hetero) is 1. The number of hydrogen-bond donors (Lipinski definition) is 2. The standard InChI is InChI=1S/C19H17N3O2.CH4/c1-11-8-15-18(16(23)9-11)13(10-20-15)19(24)22-17-7-6-12-4-2-3-5-14(12)21-17;/h2-7,10-11,20H,8-9H2,1H3,(H,21,22,24);1H4. The van der Waals surface area contributed by atoms with E-state index in [1.807, 2.05) is 37.3 Å². The molecule has 25 heavy (non-hydrogen) atoms. The van der Waals surface area contributed by atoms with Crippen LogP contribution in [0.1, 0.15) is 47.2 Å². The minimum atomic E-state index is -0.307. The normalized spacial score (nSPS) is 16.2. The number of ketones is 1. The first-order valence-corrected chi connectivity index (χ1v) is 8.02. The SMILES string of the molecule is C.CC1CC(=O)c2c(C(=O)Nc3ccc4ccccc4n3)c[nH]c2C1. The lowest BCUT2D eigenvalue weighted by Crippen LogP contribution is -2.21. The van der Waals surface area contributed by atoms with Gasteiger partial charge >= 0.3 is 0 Å². The number of hydrogen-bond acceptors (Lipinski definition) is 3. The summed E-state index contributed by atoms with van der Waals surface area (Å²) < 4.78 is 0. The summed E-state index contributed by atoms with van der Waals surface area (Å²) in [5.41, 5.74) is 2.61. The van der Waals surface area contributed by atoms with Crippen LogP contribution in [-0.4, -0.2) is 21.7 Å². The Hall–Kier alpha value is -2.95. The maximum Gasteiger partial charge on any atom is 0.259 e. The van der Waals surface area contributed by atoms with Crippen molar-refractivity contribution in [2.24, 2.45) is 5.92 Å². The van der Waals surface area contributed by atoms with Gasteiger partial charge in [0.05, 0.1) is 16.6 Å². The average Bonchev–Trinajstić information content (AvgIpc) is 2.99. The van der Waals surface area contributed by atoms with Gasteiger partial charge in [0.15, 0.2) is 5.78 Å². The smallest absolute Gasteiger partial charge is 0.259 e. The minimum Gasteiger partial charge on any atom is -0.364 e. The quantitative estimate of drug-likeness (QED) is 0.736. The lowest BCUT2D eigenvalue weighted by atomic mass is 9.86. The van der Waals surface area contributed by atoms with Crippen molar-refractivity contribution in [3.05, 3.63) is 59.4 Å². The molecule has 1 atom stereocenters. The summed E-state index contributed by atoms with van der Waals surface area (Å²) >= 11 is 0. The van der Waals surface area contributed by atoms with E-state index in [-0.39, 0.29) is 19.1 Å². The first-order valence-electron chi connectivity index (χ1n) is 8.02. The van der Waals surface area contributed by atoms with Crippen molar-refractivity contribution in [1.82, 2.24) is 9.97 Å². The molecule has 128 valence electrons. The summed E-state index contributed by atoms with van der Waals surface area (Å²) in [7, 11) is 0. The number of rotatable bonds is 2. The Balaban J connectivity index is 0.00000182. The molecule has 1 aliphatic carbocycles. The number of nitrogens with one attached hydrogen (secondary N) is 2. The first-order chi connectivity index (χ1) is 11.6. The van der Waals surface area contributed by atoms with E-state index < -0.39 is 0 Å². The molecule has 1 aromatic carbocycles. The number of aromatic amines is 1. The van der Waals surface area contributed by atoms with Gasteiger partial charge in [0, 0.05) is 23.7 Å². The molecule has 0 saturated carbocycles. The maximum absolute atomic E-state index is 12.6. The molecule has 2 N–H and O–H groups in total. The molecule has 0 aliphatic heterocycles. The third kappa shape index (κ3) is 3.05. The highest BCUT2D eigenvalue weighted by atomic mass is 16.2. The number of aromatic nitrogens is 2. The van der Waals surface area contributed by atoms with Crippen LogP contribution in [0, 0.1) is 5.92 Å². The number of carbonyl (C=O) groups excluding carboxylic acids is 2. The molecule has 0 saturated heterocycles. The Morgan fingerprint density at radius 1 is 1.20 bits per heavy atom. The lowest BCUT2D eigenvalue weighted by Gasteiger charge is -2.17. The van der Waals surface area contributed by atoms with Crippen LogP contribution in [0.25, 0.3) is 10.9 Å². The van der Waals surface area contributed by atoms with E-state index in [1.165, 1.54) is 0 Å². The summed E-state index contributed by atoms with van der Waals surface area (Å²) in [6.07, 6.45) is 2.90. The predicted octanol–water partition coefficient (Wildman–Crippen LogP) is 4.22. The predicted molar refractivity (Wildman–Crippen MR) is 99.0 cm³/mol. The Labute approximate surface area is 146 Å². The molecule has 3 aromatic rings. The van der Waals surface area contributed by atoms with Crippen LogP contribution in [-0.2, 0) is 6.42 Å². The van der Waals surface area contributed by atoms with Gasteiger partial charge < -0.3 is 10.3 Å².